The zero-order valence-corrected chi connectivity index (χ0v) is 16.4. The normalized spacial score (nSPS) is 22.9. The molecule has 2 saturated heterocycles. The Bertz CT molecular complexity index is 848. The molecule has 162 valence electrons. The third-order valence-electron chi connectivity index (χ3n) is 4.81. The average Bonchev–Trinajstić information content (AvgIpc) is 3.45. The molecule has 0 aromatic carbocycles. The summed E-state index contributed by atoms with van der Waals surface area (Å²) in [5, 5.41) is 11.0. The van der Waals surface area contributed by atoms with E-state index in [0.29, 0.717) is 26.4 Å². The number of ether oxygens (including phenoxy) is 2. The molecule has 1 N–H and O–H groups in total. The van der Waals surface area contributed by atoms with E-state index in [9.17, 15) is 18.0 Å². The Morgan fingerprint density at radius 3 is 2.70 bits per heavy atom. The SMILES string of the molecule is O=C(O)C(F)(F)F.O=C(c1ccsc1)N1C[C@H](OCc2cccnc2)[C@H]2COC[C@H]21. The van der Waals surface area contributed by atoms with Crippen molar-refractivity contribution in [1.29, 1.82) is 0 Å². The summed E-state index contributed by atoms with van der Waals surface area (Å²) in [6, 6.07) is 5.91. The van der Waals surface area contributed by atoms with E-state index in [4.69, 9.17) is 19.4 Å². The van der Waals surface area contributed by atoms with Crippen molar-refractivity contribution in [2.45, 2.75) is 24.9 Å². The molecular weight excluding hydrogens is 425 g/mol. The molecule has 30 heavy (non-hydrogen) atoms. The highest BCUT2D eigenvalue weighted by Gasteiger charge is 2.48. The van der Waals surface area contributed by atoms with E-state index >= 15 is 0 Å². The van der Waals surface area contributed by atoms with Crippen molar-refractivity contribution < 1.29 is 37.3 Å². The second-order valence-electron chi connectivity index (χ2n) is 6.75. The molecule has 2 aromatic rings. The quantitative estimate of drug-likeness (QED) is 0.780. The molecule has 4 heterocycles. The Morgan fingerprint density at radius 1 is 1.33 bits per heavy atom. The number of thiophene rings is 1. The summed E-state index contributed by atoms with van der Waals surface area (Å²) in [7, 11) is 0. The molecule has 2 aliphatic heterocycles. The molecule has 0 spiro atoms. The van der Waals surface area contributed by atoms with Crippen LogP contribution < -0.4 is 0 Å². The number of hydrogen-bond donors (Lipinski definition) is 1. The molecule has 0 saturated carbocycles. The van der Waals surface area contributed by atoms with Gasteiger partial charge in [-0.25, -0.2) is 4.79 Å². The maximum absolute atomic E-state index is 12.7. The molecule has 0 bridgehead atoms. The molecule has 1 amide bonds. The molecule has 4 rings (SSSR count). The minimum atomic E-state index is -5.08. The minimum absolute atomic E-state index is 0.0188. The van der Waals surface area contributed by atoms with E-state index in [1.807, 2.05) is 40.1 Å². The molecule has 0 aliphatic carbocycles. The predicted molar refractivity (Wildman–Crippen MR) is 100.0 cm³/mol. The van der Waals surface area contributed by atoms with Crippen molar-refractivity contribution in [3.8, 4) is 0 Å². The lowest BCUT2D eigenvalue weighted by Crippen LogP contribution is -2.37. The fourth-order valence-electron chi connectivity index (χ4n) is 3.35. The molecule has 0 unspecified atom stereocenters. The van der Waals surface area contributed by atoms with Gasteiger partial charge in [0.1, 0.15) is 0 Å². The number of carboxylic acid groups (broad SMARTS) is 1. The summed E-state index contributed by atoms with van der Waals surface area (Å²) in [6.07, 6.45) is -1.50. The van der Waals surface area contributed by atoms with Gasteiger partial charge >= 0.3 is 12.1 Å². The molecule has 2 aliphatic rings. The first-order chi connectivity index (χ1) is 14.3. The lowest BCUT2D eigenvalue weighted by atomic mass is 10.0. The molecule has 3 atom stereocenters. The molecule has 0 radical (unpaired) electrons. The first kappa shape index (κ1) is 22.2. The van der Waals surface area contributed by atoms with E-state index in [1.165, 1.54) is 0 Å². The van der Waals surface area contributed by atoms with Crippen LogP contribution in [0.3, 0.4) is 0 Å². The van der Waals surface area contributed by atoms with E-state index in [1.54, 1.807) is 17.5 Å². The van der Waals surface area contributed by atoms with Crippen LogP contribution >= 0.6 is 11.3 Å². The molecule has 11 heteroatoms. The number of carboxylic acids is 1. The fourth-order valence-corrected chi connectivity index (χ4v) is 3.98. The summed E-state index contributed by atoms with van der Waals surface area (Å²) >= 11 is 1.54. The number of halogens is 3. The van der Waals surface area contributed by atoms with Gasteiger partial charge in [0.05, 0.1) is 37.5 Å². The van der Waals surface area contributed by atoms with Crippen LogP contribution in [-0.4, -0.2) is 64.9 Å². The van der Waals surface area contributed by atoms with Crippen LogP contribution in [0.2, 0.25) is 0 Å². The van der Waals surface area contributed by atoms with E-state index < -0.39 is 12.1 Å². The first-order valence-corrected chi connectivity index (χ1v) is 9.93. The number of alkyl halides is 3. The van der Waals surface area contributed by atoms with Gasteiger partial charge < -0.3 is 19.5 Å². The second kappa shape index (κ2) is 9.54. The smallest absolute Gasteiger partial charge is 0.475 e. The van der Waals surface area contributed by atoms with Crippen LogP contribution in [0.4, 0.5) is 13.2 Å². The van der Waals surface area contributed by atoms with Crippen LogP contribution in [0, 0.1) is 5.92 Å². The summed E-state index contributed by atoms with van der Waals surface area (Å²) < 4.78 is 43.4. The van der Waals surface area contributed by atoms with Gasteiger partial charge in [0.25, 0.3) is 5.91 Å². The van der Waals surface area contributed by atoms with Crippen molar-refractivity contribution in [3.63, 3.8) is 0 Å². The number of pyridine rings is 1. The van der Waals surface area contributed by atoms with Crippen molar-refractivity contribution in [1.82, 2.24) is 9.88 Å². The van der Waals surface area contributed by atoms with Gasteiger partial charge in [0, 0.05) is 30.2 Å². The van der Waals surface area contributed by atoms with Gasteiger partial charge in [-0.05, 0) is 23.1 Å². The van der Waals surface area contributed by atoms with Gasteiger partial charge in [-0.2, -0.15) is 24.5 Å². The summed E-state index contributed by atoms with van der Waals surface area (Å²) in [4.78, 5) is 27.6. The monoisotopic (exact) mass is 444 g/mol. The Balaban J connectivity index is 0.000000318. The maximum atomic E-state index is 12.7. The van der Waals surface area contributed by atoms with Crippen LogP contribution in [-0.2, 0) is 20.9 Å². The number of aliphatic carboxylic acids is 1. The minimum Gasteiger partial charge on any atom is -0.475 e. The second-order valence-corrected chi connectivity index (χ2v) is 7.53. The lowest BCUT2D eigenvalue weighted by Gasteiger charge is -2.21. The van der Waals surface area contributed by atoms with Crippen molar-refractivity contribution >= 4 is 23.2 Å². The molecule has 2 fully saturated rings. The maximum Gasteiger partial charge on any atom is 0.490 e. The predicted octanol–water partition coefficient (Wildman–Crippen LogP) is 2.83. The zero-order valence-electron chi connectivity index (χ0n) is 15.6. The summed E-state index contributed by atoms with van der Waals surface area (Å²) in [5.41, 5.74) is 1.80. The van der Waals surface area contributed by atoms with Crippen LogP contribution in [0.5, 0.6) is 0 Å². The molecule has 2 aromatic heterocycles. The Labute approximate surface area is 174 Å². The van der Waals surface area contributed by atoms with Gasteiger partial charge in [-0.1, -0.05) is 6.07 Å². The number of aromatic nitrogens is 1. The fraction of sp³-hybridized carbons (Fsp3) is 0.421. The molecule has 7 nitrogen and oxygen atoms in total. The van der Waals surface area contributed by atoms with Crippen molar-refractivity contribution in [2.75, 3.05) is 19.8 Å². The Kier molecular flexibility index (Phi) is 7.06. The van der Waals surface area contributed by atoms with Crippen LogP contribution in [0.15, 0.2) is 41.4 Å². The van der Waals surface area contributed by atoms with Gasteiger partial charge in [-0.15, -0.1) is 0 Å². The van der Waals surface area contributed by atoms with Gasteiger partial charge in [0.2, 0.25) is 0 Å². The van der Waals surface area contributed by atoms with Crippen molar-refractivity contribution in [3.05, 3.63) is 52.5 Å². The highest BCUT2D eigenvalue weighted by molar-refractivity contribution is 7.08. The standard InChI is InChI=1S/C17H18N2O3S.C2HF3O2/c20-17(13-3-5-23-11-13)19-7-16(14-9-21-10-15(14)19)22-8-12-2-1-4-18-6-12;3-2(4,5)1(6)7/h1-6,11,14-16H,7-10H2;(H,6,7)/t14-,15+,16-;/m0./s1. The van der Waals surface area contributed by atoms with E-state index in [2.05, 4.69) is 4.98 Å². The number of carbonyl (C=O) groups excluding carboxylic acids is 1. The van der Waals surface area contributed by atoms with Gasteiger partial charge in [0.15, 0.2) is 0 Å². The van der Waals surface area contributed by atoms with E-state index in [-0.39, 0.29) is 24.0 Å². The van der Waals surface area contributed by atoms with Crippen LogP contribution in [0.25, 0.3) is 0 Å². The highest BCUT2D eigenvalue weighted by Crippen LogP contribution is 2.33. The Morgan fingerprint density at radius 2 is 2.10 bits per heavy atom. The largest absolute Gasteiger partial charge is 0.490 e. The Hall–Kier alpha value is -2.50. The number of nitrogens with zero attached hydrogens (tertiary/aromatic N) is 2. The number of rotatable bonds is 4. The number of hydrogen-bond acceptors (Lipinski definition) is 6. The van der Waals surface area contributed by atoms with E-state index in [0.717, 1.165) is 11.1 Å². The third kappa shape index (κ3) is 5.35. The highest BCUT2D eigenvalue weighted by atomic mass is 32.1. The summed E-state index contributed by atoms with van der Waals surface area (Å²) in [5.74, 6) is -2.42. The lowest BCUT2D eigenvalue weighted by molar-refractivity contribution is -0.192. The van der Waals surface area contributed by atoms with Gasteiger partial charge in [-0.3, -0.25) is 9.78 Å². The van der Waals surface area contributed by atoms with Crippen molar-refractivity contribution in [2.24, 2.45) is 5.92 Å². The third-order valence-corrected chi connectivity index (χ3v) is 5.49. The topological polar surface area (TPSA) is 89.0 Å². The first-order valence-electron chi connectivity index (χ1n) is 8.99. The average molecular weight is 444 g/mol. The molecular formula is C19H19F3N2O5S. The van der Waals surface area contributed by atoms with Crippen LogP contribution in [0.1, 0.15) is 15.9 Å². The number of fused-ring (bicyclic) bond motifs is 1. The summed E-state index contributed by atoms with van der Waals surface area (Å²) in [6.45, 7) is 2.42. The number of carbonyl (C=O) groups is 2. The number of amides is 1. The zero-order chi connectivity index (χ0) is 21.7. The number of likely N-dealkylation sites (tertiary alicyclic amines) is 1.